The highest BCUT2D eigenvalue weighted by atomic mass is 32.2. The van der Waals surface area contributed by atoms with Gasteiger partial charge in [-0.05, 0) is 48.2 Å². The fraction of sp³-hybridized carbons (Fsp3) is 0.316. The summed E-state index contributed by atoms with van der Waals surface area (Å²) < 4.78 is 24.3. The maximum atomic E-state index is 12.6. The maximum absolute atomic E-state index is 12.6. The van der Waals surface area contributed by atoms with Gasteiger partial charge in [0.05, 0.1) is 11.9 Å². The van der Waals surface area contributed by atoms with Crippen molar-refractivity contribution < 1.29 is 13.2 Å². The number of carbonyl (C=O) groups excluding carboxylic acids is 1. The number of nitrogens with zero attached hydrogens (tertiary/aromatic N) is 1. The van der Waals surface area contributed by atoms with Crippen LogP contribution in [0.5, 0.6) is 0 Å². The molecule has 0 aliphatic carbocycles. The van der Waals surface area contributed by atoms with Crippen molar-refractivity contribution in [3.05, 3.63) is 59.2 Å². The molecule has 1 amide bonds. The van der Waals surface area contributed by atoms with Gasteiger partial charge in [-0.2, -0.15) is 0 Å². The molecule has 0 aliphatic heterocycles. The van der Waals surface area contributed by atoms with E-state index in [0.717, 1.165) is 23.1 Å². The highest BCUT2D eigenvalue weighted by Crippen LogP contribution is 2.28. The van der Waals surface area contributed by atoms with Crippen molar-refractivity contribution in [2.75, 3.05) is 22.9 Å². The first-order valence-electron chi connectivity index (χ1n) is 8.06. The quantitative estimate of drug-likeness (QED) is 0.883. The fourth-order valence-electron chi connectivity index (χ4n) is 2.54. The fourth-order valence-corrected chi connectivity index (χ4v) is 3.05. The second kappa shape index (κ2) is 7.27. The van der Waals surface area contributed by atoms with E-state index in [2.05, 4.69) is 19.2 Å². The summed E-state index contributed by atoms with van der Waals surface area (Å²) in [4.78, 5) is 12.6. The number of aryl methyl sites for hydroxylation is 1. The molecule has 2 aromatic rings. The minimum Gasteiger partial charge on any atom is -0.321 e. The van der Waals surface area contributed by atoms with E-state index in [1.165, 1.54) is 11.4 Å². The van der Waals surface area contributed by atoms with Crippen LogP contribution in [0.1, 0.15) is 41.3 Å². The van der Waals surface area contributed by atoms with Crippen molar-refractivity contribution in [2.24, 2.45) is 0 Å². The van der Waals surface area contributed by atoms with Gasteiger partial charge in [0, 0.05) is 18.3 Å². The molecule has 0 spiro atoms. The summed E-state index contributed by atoms with van der Waals surface area (Å²) in [6.07, 6.45) is 1.14. The van der Waals surface area contributed by atoms with Crippen molar-refractivity contribution in [1.29, 1.82) is 0 Å². The number of anilines is 2. The zero-order valence-corrected chi connectivity index (χ0v) is 16.0. The van der Waals surface area contributed by atoms with Gasteiger partial charge in [0.25, 0.3) is 5.91 Å². The van der Waals surface area contributed by atoms with E-state index < -0.39 is 10.0 Å². The Kier molecular flexibility index (Phi) is 5.52. The monoisotopic (exact) mass is 360 g/mol. The van der Waals surface area contributed by atoms with Crippen molar-refractivity contribution >= 4 is 27.3 Å². The normalized spacial score (nSPS) is 11.4. The number of sulfonamides is 1. The molecule has 0 unspecified atom stereocenters. The van der Waals surface area contributed by atoms with Crippen molar-refractivity contribution in [3.63, 3.8) is 0 Å². The zero-order chi connectivity index (χ0) is 18.8. The van der Waals surface area contributed by atoms with Crippen LogP contribution in [-0.2, 0) is 10.0 Å². The molecule has 25 heavy (non-hydrogen) atoms. The maximum Gasteiger partial charge on any atom is 0.255 e. The average Bonchev–Trinajstić information content (AvgIpc) is 2.55. The summed E-state index contributed by atoms with van der Waals surface area (Å²) in [6.45, 7) is 6.13. The van der Waals surface area contributed by atoms with Gasteiger partial charge in [0.1, 0.15) is 0 Å². The van der Waals surface area contributed by atoms with Crippen molar-refractivity contribution in [1.82, 2.24) is 0 Å². The average molecular weight is 360 g/mol. The van der Waals surface area contributed by atoms with Gasteiger partial charge in [-0.3, -0.25) is 9.10 Å². The summed E-state index contributed by atoms with van der Waals surface area (Å²) in [6, 6.07) is 12.5. The minimum atomic E-state index is -3.33. The third-order valence-corrected chi connectivity index (χ3v) is 5.36. The van der Waals surface area contributed by atoms with Gasteiger partial charge < -0.3 is 5.32 Å². The van der Waals surface area contributed by atoms with E-state index in [-0.39, 0.29) is 5.91 Å². The Bertz CT molecular complexity index is 872. The smallest absolute Gasteiger partial charge is 0.255 e. The molecule has 0 radical (unpaired) electrons. The molecule has 0 aliphatic rings. The predicted octanol–water partition coefficient (Wildman–Crippen LogP) is 3.77. The first-order chi connectivity index (χ1) is 11.6. The Balaban J connectivity index is 2.26. The Morgan fingerprint density at radius 1 is 1.08 bits per heavy atom. The van der Waals surface area contributed by atoms with Crippen molar-refractivity contribution in [3.8, 4) is 0 Å². The number of hydrogen-bond donors (Lipinski definition) is 1. The molecule has 0 aromatic heterocycles. The number of carbonyl (C=O) groups is 1. The molecule has 0 atom stereocenters. The minimum absolute atomic E-state index is 0.218. The van der Waals surface area contributed by atoms with Gasteiger partial charge in [-0.15, -0.1) is 0 Å². The SMILES string of the molecule is Cc1cccc(C(C)C)c1NC(=O)c1ccc(N(C)S(C)(=O)=O)cc1. The summed E-state index contributed by atoms with van der Waals surface area (Å²) in [7, 11) is -1.85. The lowest BCUT2D eigenvalue weighted by atomic mass is 9.98. The van der Waals surface area contributed by atoms with Crippen LogP contribution in [0.25, 0.3) is 0 Å². The van der Waals surface area contributed by atoms with Crippen LogP contribution in [0.15, 0.2) is 42.5 Å². The summed E-state index contributed by atoms with van der Waals surface area (Å²) in [5.41, 5.74) is 3.91. The predicted molar refractivity (Wildman–Crippen MR) is 103 cm³/mol. The lowest BCUT2D eigenvalue weighted by Gasteiger charge is -2.18. The van der Waals surface area contributed by atoms with Crippen LogP contribution in [0.2, 0.25) is 0 Å². The molecule has 0 saturated heterocycles. The summed E-state index contributed by atoms with van der Waals surface area (Å²) in [5.74, 6) is 0.0748. The summed E-state index contributed by atoms with van der Waals surface area (Å²) in [5, 5.41) is 2.98. The van der Waals surface area contributed by atoms with E-state index in [0.29, 0.717) is 17.2 Å². The molecule has 5 nitrogen and oxygen atoms in total. The van der Waals surface area contributed by atoms with Crippen LogP contribution in [0, 0.1) is 6.92 Å². The lowest BCUT2D eigenvalue weighted by Crippen LogP contribution is -2.24. The van der Waals surface area contributed by atoms with E-state index >= 15 is 0 Å². The highest BCUT2D eigenvalue weighted by molar-refractivity contribution is 7.92. The van der Waals surface area contributed by atoms with Gasteiger partial charge in [0.2, 0.25) is 10.0 Å². The molecule has 2 aromatic carbocycles. The second-order valence-electron chi connectivity index (χ2n) is 6.43. The number of para-hydroxylation sites is 1. The molecule has 2 rings (SSSR count). The number of nitrogens with one attached hydrogen (secondary N) is 1. The molecule has 134 valence electrons. The number of rotatable bonds is 5. The van der Waals surface area contributed by atoms with Crippen LogP contribution >= 0.6 is 0 Å². The molecule has 6 heteroatoms. The molecule has 1 N–H and O–H groups in total. The number of hydrogen-bond acceptors (Lipinski definition) is 3. The molecular formula is C19H24N2O3S. The third-order valence-electron chi connectivity index (χ3n) is 4.16. The third kappa shape index (κ3) is 4.39. The first-order valence-corrected chi connectivity index (χ1v) is 9.91. The lowest BCUT2D eigenvalue weighted by molar-refractivity contribution is 0.102. The van der Waals surface area contributed by atoms with E-state index in [1.807, 2.05) is 25.1 Å². The Morgan fingerprint density at radius 2 is 1.68 bits per heavy atom. The zero-order valence-electron chi connectivity index (χ0n) is 15.2. The Morgan fingerprint density at radius 3 is 2.20 bits per heavy atom. The van der Waals surface area contributed by atoms with Crippen molar-refractivity contribution in [2.45, 2.75) is 26.7 Å². The first kappa shape index (κ1) is 19.0. The molecular weight excluding hydrogens is 336 g/mol. The van der Waals surface area contributed by atoms with Crippen LogP contribution in [0.3, 0.4) is 0 Å². The molecule has 0 bridgehead atoms. The van der Waals surface area contributed by atoms with E-state index in [9.17, 15) is 13.2 Å². The molecule has 0 fully saturated rings. The number of benzene rings is 2. The topological polar surface area (TPSA) is 66.5 Å². The standard InChI is InChI=1S/C19H24N2O3S/c1-13(2)17-8-6-7-14(3)18(17)20-19(22)15-9-11-16(12-10-15)21(4)25(5,23)24/h6-13H,1-5H3,(H,20,22). The summed E-state index contributed by atoms with van der Waals surface area (Å²) >= 11 is 0. The highest BCUT2D eigenvalue weighted by Gasteiger charge is 2.15. The second-order valence-corrected chi connectivity index (χ2v) is 8.44. The molecule has 0 saturated carbocycles. The van der Waals surface area contributed by atoms with Gasteiger partial charge in [-0.25, -0.2) is 8.42 Å². The van der Waals surface area contributed by atoms with E-state index in [4.69, 9.17) is 0 Å². The van der Waals surface area contributed by atoms with Gasteiger partial charge in [-0.1, -0.05) is 32.0 Å². The molecule has 0 heterocycles. The van der Waals surface area contributed by atoms with Crippen LogP contribution in [-0.4, -0.2) is 27.6 Å². The largest absolute Gasteiger partial charge is 0.321 e. The van der Waals surface area contributed by atoms with Gasteiger partial charge in [0.15, 0.2) is 0 Å². The van der Waals surface area contributed by atoms with E-state index in [1.54, 1.807) is 24.3 Å². The van der Waals surface area contributed by atoms with Crippen LogP contribution < -0.4 is 9.62 Å². The Labute approximate surface area is 149 Å². The number of amides is 1. The van der Waals surface area contributed by atoms with Crippen LogP contribution in [0.4, 0.5) is 11.4 Å². The Hall–Kier alpha value is -2.34. The van der Waals surface area contributed by atoms with Gasteiger partial charge >= 0.3 is 0 Å².